The Morgan fingerprint density at radius 1 is 1.29 bits per heavy atom. The van der Waals surface area contributed by atoms with Gasteiger partial charge in [0.25, 0.3) is 0 Å². The van der Waals surface area contributed by atoms with Crippen molar-refractivity contribution in [1.29, 1.82) is 0 Å². The van der Waals surface area contributed by atoms with E-state index in [0.29, 0.717) is 13.2 Å². The fourth-order valence-electron chi connectivity index (χ4n) is 1.07. The molecule has 1 fully saturated rings. The summed E-state index contributed by atoms with van der Waals surface area (Å²) in [5.74, 6) is 0. The number of hydrogen-bond donors (Lipinski definition) is 0. The molecule has 0 aromatic rings. The number of rotatable bonds is 5. The van der Waals surface area contributed by atoms with Crippen LogP contribution in [0.5, 0.6) is 0 Å². The van der Waals surface area contributed by atoms with Gasteiger partial charge in [0.15, 0.2) is 0 Å². The summed E-state index contributed by atoms with van der Waals surface area (Å²) in [6, 6.07) is 0. The summed E-state index contributed by atoms with van der Waals surface area (Å²) in [5, 5.41) is 0. The van der Waals surface area contributed by atoms with Crippen molar-refractivity contribution in [3.63, 3.8) is 0 Å². The Morgan fingerprint density at radius 3 is 1.94 bits per heavy atom. The second-order valence-electron chi connectivity index (χ2n) is 2.91. The van der Waals surface area contributed by atoms with Crippen molar-refractivity contribution in [2.24, 2.45) is 0 Å². The molecule has 0 saturated carbocycles. The van der Waals surface area contributed by atoms with Gasteiger partial charge in [-0.2, -0.15) is 0 Å². The second-order valence-corrected chi connectivity index (χ2v) is 5.75. The minimum absolute atomic E-state index is 0.292. The Morgan fingerprint density at radius 2 is 1.82 bits per heavy atom. The van der Waals surface area contributed by atoms with Crippen LogP contribution < -0.4 is 0 Å². The molecule has 0 radical (unpaired) electrons. The third-order valence-electron chi connectivity index (χ3n) is 2.12. The molecule has 6 nitrogen and oxygen atoms in total. The molecule has 98 valence electrons. The standard InChI is InChI=1S/C5H7NO2.C5H12O3Si/c1-2-6-3-4-8-5(6)7;1-5-9(6-2,7-3)8-4/h2H,1,3-4H2;5H,1H2,2-4H3. The van der Waals surface area contributed by atoms with E-state index in [-0.39, 0.29) is 6.09 Å². The first-order chi connectivity index (χ1) is 8.09. The van der Waals surface area contributed by atoms with Crippen molar-refractivity contribution >= 4 is 14.9 Å². The lowest BCUT2D eigenvalue weighted by Crippen LogP contribution is -2.40. The Bertz CT molecular complexity index is 259. The molecule has 0 aliphatic carbocycles. The first-order valence-electron chi connectivity index (χ1n) is 4.94. The maximum atomic E-state index is 10.4. The van der Waals surface area contributed by atoms with Gasteiger partial charge < -0.3 is 18.0 Å². The summed E-state index contributed by atoms with van der Waals surface area (Å²) in [7, 11) is 2.20. The number of nitrogens with zero attached hydrogens (tertiary/aromatic N) is 1. The lowest BCUT2D eigenvalue weighted by molar-refractivity contribution is 0.138. The van der Waals surface area contributed by atoms with Crippen LogP contribution in [0, 0.1) is 0 Å². The molecular formula is C10H19NO5Si. The molecular weight excluding hydrogens is 242 g/mol. The average Bonchev–Trinajstić information content (AvgIpc) is 2.79. The van der Waals surface area contributed by atoms with E-state index in [4.69, 9.17) is 13.3 Å². The molecule has 1 saturated heterocycles. The zero-order valence-electron chi connectivity index (χ0n) is 10.5. The lowest BCUT2D eigenvalue weighted by atomic mass is 10.6. The minimum atomic E-state index is -2.43. The van der Waals surface area contributed by atoms with Gasteiger partial charge in [-0.15, -0.1) is 0 Å². The Balaban J connectivity index is 0.000000302. The van der Waals surface area contributed by atoms with Crippen LogP contribution in [0.25, 0.3) is 0 Å². The van der Waals surface area contributed by atoms with Gasteiger partial charge in [0.05, 0.1) is 6.54 Å². The van der Waals surface area contributed by atoms with Crippen LogP contribution in [0.2, 0.25) is 0 Å². The highest BCUT2D eigenvalue weighted by Crippen LogP contribution is 2.05. The van der Waals surface area contributed by atoms with Crippen molar-refractivity contribution in [3.8, 4) is 0 Å². The van der Waals surface area contributed by atoms with E-state index in [0.717, 1.165) is 0 Å². The minimum Gasteiger partial charge on any atom is -0.447 e. The monoisotopic (exact) mass is 261 g/mol. The molecule has 1 aliphatic rings. The molecule has 1 heterocycles. The highest BCUT2D eigenvalue weighted by Gasteiger charge is 2.33. The van der Waals surface area contributed by atoms with Crippen LogP contribution in [0.4, 0.5) is 4.79 Å². The van der Waals surface area contributed by atoms with Gasteiger partial charge in [-0.3, -0.25) is 4.90 Å². The Kier molecular flexibility index (Phi) is 7.47. The van der Waals surface area contributed by atoms with E-state index < -0.39 is 8.80 Å². The zero-order chi connectivity index (χ0) is 13.3. The number of hydrogen-bond acceptors (Lipinski definition) is 5. The van der Waals surface area contributed by atoms with Crippen molar-refractivity contribution in [1.82, 2.24) is 4.90 Å². The highest BCUT2D eigenvalue weighted by molar-refractivity contribution is 6.66. The van der Waals surface area contributed by atoms with Crippen LogP contribution in [-0.4, -0.2) is 54.3 Å². The molecule has 0 bridgehead atoms. The summed E-state index contributed by atoms with van der Waals surface area (Å²) in [6.07, 6.45) is 1.18. The first kappa shape index (κ1) is 15.8. The third kappa shape index (κ3) is 4.69. The van der Waals surface area contributed by atoms with Gasteiger partial charge >= 0.3 is 14.9 Å². The number of cyclic esters (lactones) is 1. The summed E-state index contributed by atoms with van der Waals surface area (Å²) >= 11 is 0. The molecule has 7 heteroatoms. The van der Waals surface area contributed by atoms with E-state index >= 15 is 0 Å². The van der Waals surface area contributed by atoms with Gasteiger partial charge in [0.1, 0.15) is 6.61 Å². The fourth-order valence-corrected chi connectivity index (χ4v) is 2.07. The molecule has 0 spiro atoms. The summed E-state index contributed by atoms with van der Waals surface area (Å²) in [5.41, 5.74) is 1.58. The molecule has 0 N–H and O–H groups in total. The van der Waals surface area contributed by atoms with Crippen LogP contribution in [0.15, 0.2) is 25.1 Å². The predicted octanol–water partition coefficient (Wildman–Crippen LogP) is 1.17. The van der Waals surface area contributed by atoms with Gasteiger partial charge in [-0.25, -0.2) is 4.79 Å². The maximum Gasteiger partial charge on any atom is 0.528 e. The average molecular weight is 261 g/mol. The molecule has 0 atom stereocenters. The molecule has 17 heavy (non-hydrogen) atoms. The number of carbonyl (C=O) groups excluding carboxylic acids is 1. The molecule has 1 rings (SSSR count). The smallest absolute Gasteiger partial charge is 0.447 e. The van der Waals surface area contributed by atoms with E-state index in [1.807, 2.05) is 0 Å². The van der Waals surface area contributed by atoms with Crippen LogP contribution in [0.3, 0.4) is 0 Å². The number of amides is 1. The second kappa shape index (κ2) is 8.01. The Hall–Kier alpha value is -1.15. The van der Waals surface area contributed by atoms with E-state index in [1.54, 1.807) is 27.0 Å². The number of carbonyl (C=O) groups is 1. The van der Waals surface area contributed by atoms with Gasteiger partial charge in [0, 0.05) is 27.5 Å². The molecule has 0 unspecified atom stereocenters. The maximum absolute atomic E-state index is 10.4. The van der Waals surface area contributed by atoms with Crippen LogP contribution in [-0.2, 0) is 18.0 Å². The zero-order valence-corrected chi connectivity index (χ0v) is 11.5. The topological polar surface area (TPSA) is 57.2 Å². The Labute approximate surface area is 103 Å². The predicted molar refractivity (Wildman–Crippen MR) is 65.2 cm³/mol. The van der Waals surface area contributed by atoms with Crippen molar-refractivity contribution < 1.29 is 22.8 Å². The quantitative estimate of drug-likeness (QED) is 0.695. The fraction of sp³-hybridized carbons (Fsp3) is 0.500. The van der Waals surface area contributed by atoms with Gasteiger partial charge in [0.2, 0.25) is 0 Å². The summed E-state index contributed by atoms with van der Waals surface area (Å²) in [6.45, 7) is 8.08. The molecule has 1 amide bonds. The van der Waals surface area contributed by atoms with E-state index in [1.165, 1.54) is 11.1 Å². The SMILES string of the molecule is C=CN1CCOC1=O.C=C[Si](OC)(OC)OC. The van der Waals surface area contributed by atoms with Gasteiger partial charge in [-0.1, -0.05) is 13.2 Å². The largest absolute Gasteiger partial charge is 0.528 e. The first-order valence-corrected chi connectivity index (χ1v) is 6.74. The molecule has 0 aromatic carbocycles. The number of ether oxygens (including phenoxy) is 1. The van der Waals surface area contributed by atoms with Crippen molar-refractivity contribution in [3.05, 3.63) is 25.1 Å². The third-order valence-corrected chi connectivity index (χ3v) is 4.32. The summed E-state index contributed by atoms with van der Waals surface area (Å²) < 4.78 is 19.5. The van der Waals surface area contributed by atoms with Crippen LogP contribution in [0.1, 0.15) is 0 Å². The van der Waals surface area contributed by atoms with E-state index in [2.05, 4.69) is 17.9 Å². The lowest BCUT2D eigenvalue weighted by Gasteiger charge is -2.19. The normalized spacial score (nSPS) is 14.8. The summed E-state index contributed by atoms with van der Waals surface area (Å²) in [4.78, 5) is 11.9. The van der Waals surface area contributed by atoms with Crippen LogP contribution >= 0.6 is 0 Å². The van der Waals surface area contributed by atoms with Crippen molar-refractivity contribution in [2.75, 3.05) is 34.5 Å². The molecule has 1 aliphatic heterocycles. The molecule has 0 aromatic heterocycles. The van der Waals surface area contributed by atoms with Crippen molar-refractivity contribution in [2.45, 2.75) is 0 Å². The van der Waals surface area contributed by atoms with Gasteiger partial charge in [-0.05, 0) is 5.70 Å². The van der Waals surface area contributed by atoms with E-state index in [9.17, 15) is 4.79 Å². The highest BCUT2D eigenvalue weighted by atomic mass is 28.4.